The zero-order valence-corrected chi connectivity index (χ0v) is 14.9. The molecule has 0 fully saturated rings. The molecule has 0 aromatic rings. The van der Waals surface area contributed by atoms with Crippen molar-refractivity contribution >= 4 is 0 Å². The molecule has 0 atom stereocenters. The van der Waals surface area contributed by atoms with Crippen LogP contribution in [0.25, 0.3) is 0 Å². The first-order valence-electron chi connectivity index (χ1n) is 6.50. The van der Waals surface area contributed by atoms with E-state index < -0.39 is 0 Å². The second-order valence-corrected chi connectivity index (χ2v) is 8.07. The predicted molar refractivity (Wildman–Crippen MR) is 72.4 cm³/mol. The Morgan fingerprint density at radius 3 is 2.06 bits per heavy atom. The summed E-state index contributed by atoms with van der Waals surface area (Å²) in [5, 5.41) is 0. The molecular formula is C15H30IN. The molecule has 0 saturated heterocycles. The van der Waals surface area contributed by atoms with Gasteiger partial charge in [-0.1, -0.05) is 39.3 Å². The van der Waals surface area contributed by atoms with Gasteiger partial charge in [0.1, 0.15) is 0 Å². The summed E-state index contributed by atoms with van der Waals surface area (Å²) in [6.07, 6.45) is 6.40. The van der Waals surface area contributed by atoms with Gasteiger partial charge in [-0.15, -0.1) is 0 Å². The summed E-state index contributed by atoms with van der Waals surface area (Å²) >= 11 is 0. The highest BCUT2D eigenvalue weighted by molar-refractivity contribution is 5.15. The normalized spacial score (nSPS) is 22.6. The number of hydrogen-bond acceptors (Lipinski definition) is 0. The second kappa shape index (κ2) is 5.60. The number of hydrogen-bond donors (Lipinski definition) is 0. The van der Waals surface area contributed by atoms with Crippen LogP contribution < -0.4 is 24.0 Å². The van der Waals surface area contributed by atoms with E-state index in [1.807, 2.05) is 0 Å². The van der Waals surface area contributed by atoms with Crippen molar-refractivity contribution in [2.75, 3.05) is 27.7 Å². The van der Waals surface area contributed by atoms with Crippen LogP contribution in [0.2, 0.25) is 0 Å². The number of quaternary nitrogens is 1. The van der Waals surface area contributed by atoms with Crippen LogP contribution in [0, 0.1) is 10.8 Å². The van der Waals surface area contributed by atoms with Crippen LogP contribution in [0.1, 0.15) is 47.0 Å². The number of allylic oxidation sites excluding steroid dienone is 1. The molecule has 0 aromatic carbocycles. The van der Waals surface area contributed by atoms with Crippen LogP contribution in [0.4, 0.5) is 0 Å². The average molecular weight is 351 g/mol. The van der Waals surface area contributed by atoms with E-state index >= 15 is 0 Å². The molecule has 0 saturated carbocycles. The molecule has 0 radical (unpaired) electrons. The Morgan fingerprint density at radius 1 is 1.12 bits per heavy atom. The number of halogens is 1. The second-order valence-electron chi connectivity index (χ2n) is 8.07. The molecule has 1 aliphatic carbocycles. The standard InChI is InChI=1S/C15H30N.HI/c1-14(2)10-13(8-9-16(5,6)7)11-15(3,4)12-14;/h10H,8-9,11-12H2,1-7H3;1H/q+1;/p-1. The van der Waals surface area contributed by atoms with E-state index in [9.17, 15) is 0 Å². The first-order chi connectivity index (χ1) is 6.99. The lowest BCUT2D eigenvalue weighted by molar-refractivity contribution is -0.870. The van der Waals surface area contributed by atoms with Gasteiger partial charge in [-0.2, -0.15) is 0 Å². The summed E-state index contributed by atoms with van der Waals surface area (Å²) in [5.41, 5.74) is 2.55. The van der Waals surface area contributed by atoms with Crippen molar-refractivity contribution < 1.29 is 28.5 Å². The van der Waals surface area contributed by atoms with Gasteiger partial charge in [-0.3, -0.25) is 0 Å². The Labute approximate surface area is 125 Å². The fourth-order valence-electron chi connectivity index (χ4n) is 3.20. The van der Waals surface area contributed by atoms with E-state index in [1.54, 1.807) is 5.57 Å². The molecule has 1 rings (SSSR count). The van der Waals surface area contributed by atoms with Crippen molar-refractivity contribution in [3.63, 3.8) is 0 Å². The topological polar surface area (TPSA) is 0 Å². The van der Waals surface area contributed by atoms with Crippen molar-refractivity contribution in [3.05, 3.63) is 11.6 Å². The van der Waals surface area contributed by atoms with Gasteiger partial charge in [0.25, 0.3) is 0 Å². The maximum atomic E-state index is 2.54. The summed E-state index contributed by atoms with van der Waals surface area (Å²) < 4.78 is 1.07. The van der Waals surface area contributed by atoms with Gasteiger partial charge in [0.05, 0.1) is 27.7 Å². The van der Waals surface area contributed by atoms with Crippen LogP contribution in [0.5, 0.6) is 0 Å². The Bertz CT molecular complexity index is 282. The molecule has 0 aromatic heterocycles. The monoisotopic (exact) mass is 351 g/mol. The quantitative estimate of drug-likeness (QED) is 0.402. The number of nitrogens with zero attached hydrogens (tertiary/aromatic N) is 1. The van der Waals surface area contributed by atoms with Crippen LogP contribution in [0.3, 0.4) is 0 Å². The van der Waals surface area contributed by atoms with Crippen LogP contribution in [-0.2, 0) is 0 Å². The molecule has 0 heterocycles. The first kappa shape index (κ1) is 17.4. The lowest BCUT2D eigenvalue weighted by Crippen LogP contribution is -3.00. The summed E-state index contributed by atoms with van der Waals surface area (Å²) in [7, 11) is 6.83. The summed E-state index contributed by atoms with van der Waals surface area (Å²) in [6.45, 7) is 10.8. The first-order valence-corrected chi connectivity index (χ1v) is 6.50. The van der Waals surface area contributed by atoms with Crippen molar-refractivity contribution in [1.82, 2.24) is 0 Å². The molecule has 0 amide bonds. The van der Waals surface area contributed by atoms with Gasteiger partial charge in [-0.25, -0.2) is 0 Å². The third kappa shape index (κ3) is 6.80. The lowest BCUT2D eigenvalue weighted by Gasteiger charge is -2.40. The van der Waals surface area contributed by atoms with Gasteiger partial charge in [0.15, 0.2) is 0 Å². The molecule has 2 heteroatoms. The molecule has 0 spiro atoms. The van der Waals surface area contributed by atoms with Crippen LogP contribution in [0.15, 0.2) is 11.6 Å². The average Bonchev–Trinajstić information content (AvgIpc) is 1.93. The van der Waals surface area contributed by atoms with Gasteiger partial charge in [0.2, 0.25) is 0 Å². The van der Waals surface area contributed by atoms with E-state index in [0.717, 1.165) is 4.48 Å². The third-order valence-electron chi connectivity index (χ3n) is 3.34. The lowest BCUT2D eigenvalue weighted by atomic mass is 9.66. The third-order valence-corrected chi connectivity index (χ3v) is 3.34. The summed E-state index contributed by atoms with van der Waals surface area (Å²) in [6, 6.07) is 0. The van der Waals surface area contributed by atoms with E-state index in [-0.39, 0.29) is 24.0 Å². The maximum Gasteiger partial charge on any atom is 0.0818 e. The highest BCUT2D eigenvalue weighted by Crippen LogP contribution is 2.45. The van der Waals surface area contributed by atoms with Crippen LogP contribution in [-0.4, -0.2) is 32.2 Å². The minimum atomic E-state index is 0. The molecule has 1 nitrogen and oxygen atoms in total. The molecule has 1 aliphatic rings. The van der Waals surface area contributed by atoms with Crippen LogP contribution >= 0.6 is 0 Å². The smallest absolute Gasteiger partial charge is 0.0818 e. The zero-order chi connectivity index (χ0) is 12.6. The molecule has 0 bridgehead atoms. The van der Waals surface area contributed by atoms with Gasteiger partial charge < -0.3 is 28.5 Å². The molecule has 0 unspecified atom stereocenters. The largest absolute Gasteiger partial charge is 1.00 e. The molecule has 0 aliphatic heterocycles. The maximum absolute atomic E-state index is 2.54. The summed E-state index contributed by atoms with van der Waals surface area (Å²) in [5.74, 6) is 0. The summed E-state index contributed by atoms with van der Waals surface area (Å²) in [4.78, 5) is 0. The van der Waals surface area contributed by atoms with E-state index in [0.29, 0.717) is 10.8 Å². The predicted octanol–water partition coefficient (Wildman–Crippen LogP) is 0.859. The van der Waals surface area contributed by atoms with E-state index in [2.05, 4.69) is 54.9 Å². The van der Waals surface area contributed by atoms with Crippen molar-refractivity contribution in [1.29, 1.82) is 0 Å². The Kier molecular flexibility index (Phi) is 5.74. The molecule has 102 valence electrons. The van der Waals surface area contributed by atoms with Gasteiger partial charge >= 0.3 is 0 Å². The highest BCUT2D eigenvalue weighted by Gasteiger charge is 2.33. The van der Waals surface area contributed by atoms with Crippen molar-refractivity contribution in [3.8, 4) is 0 Å². The Balaban J connectivity index is 0.00000256. The zero-order valence-electron chi connectivity index (χ0n) is 12.7. The fourth-order valence-corrected chi connectivity index (χ4v) is 3.20. The van der Waals surface area contributed by atoms with E-state index in [1.165, 1.54) is 25.8 Å². The highest BCUT2D eigenvalue weighted by atomic mass is 127. The minimum absolute atomic E-state index is 0. The Morgan fingerprint density at radius 2 is 1.65 bits per heavy atom. The molecular weight excluding hydrogens is 321 g/mol. The van der Waals surface area contributed by atoms with Gasteiger partial charge in [0, 0.05) is 6.42 Å². The van der Waals surface area contributed by atoms with Crippen molar-refractivity contribution in [2.24, 2.45) is 10.8 Å². The molecule has 0 N–H and O–H groups in total. The van der Waals surface area contributed by atoms with E-state index in [4.69, 9.17) is 0 Å². The van der Waals surface area contributed by atoms with Crippen molar-refractivity contribution in [2.45, 2.75) is 47.0 Å². The SMILES string of the molecule is CC1(C)C=C(CC[N+](C)(C)C)CC(C)(C)C1.[I-]. The van der Waals surface area contributed by atoms with Gasteiger partial charge in [-0.05, 0) is 23.7 Å². The fraction of sp³-hybridized carbons (Fsp3) is 0.867. The molecule has 17 heavy (non-hydrogen) atoms. The Hall–Kier alpha value is 0.430. The number of rotatable bonds is 3. The minimum Gasteiger partial charge on any atom is -1.00 e.